The number of halogens is 1. The van der Waals surface area contributed by atoms with E-state index in [4.69, 9.17) is 4.74 Å². The molecule has 0 aliphatic carbocycles. The van der Waals surface area contributed by atoms with Gasteiger partial charge < -0.3 is 10.1 Å². The van der Waals surface area contributed by atoms with E-state index in [-0.39, 0.29) is 5.91 Å². The Bertz CT molecular complexity index is 826. The van der Waals surface area contributed by atoms with E-state index in [1.807, 2.05) is 36.4 Å². The average Bonchev–Trinajstić information content (AvgIpc) is 2.62. The Labute approximate surface area is 147 Å². The minimum Gasteiger partial charge on any atom is -0.488 e. The molecule has 0 spiro atoms. The number of carbonyl (C=O) groups excluding carboxylic acids is 1. The normalized spacial score (nSPS) is 10.2. The fourth-order valence-electron chi connectivity index (χ4n) is 2.09. The van der Waals surface area contributed by atoms with Crippen LogP contribution in [0.15, 0.2) is 71.3 Å². The van der Waals surface area contributed by atoms with Gasteiger partial charge in [-0.3, -0.25) is 4.79 Å². The van der Waals surface area contributed by atoms with E-state index in [2.05, 4.69) is 31.4 Å². The Morgan fingerprint density at radius 1 is 1.08 bits per heavy atom. The lowest BCUT2D eigenvalue weighted by Gasteiger charge is -2.12. The fraction of sp³-hybridized carbons (Fsp3) is 0.0556. The largest absolute Gasteiger partial charge is 0.488 e. The van der Waals surface area contributed by atoms with Crippen LogP contribution in [0.4, 0.5) is 5.82 Å². The van der Waals surface area contributed by atoms with Crippen LogP contribution in [0.3, 0.4) is 0 Å². The number of anilines is 1. The van der Waals surface area contributed by atoms with Crippen molar-refractivity contribution in [1.82, 2.24) is 10.2 Å². The number of benzene rings is 2. The zero-order valence-electron chi connectivity index (χ0n) is 12.6. The first-order valence-electron chi connectivity index (χ1n) is 7.28. The van der Waals surface area contributed by atoms with E-state index >= 15 is 0 Å². The van der Waals surface area contributed by atoms with E-state index in [0.29, 0.717) is 23.7 Å². The van der Waals surface area contributed by atoms with Gasteiger partial charge in [0.1, 0.15) is 12.4 Å². The van der Waals surface area contributed by atoms with Crippen molar-refractivity contribution in [2.24, 2.45) is 0 Å². The van der Waals surface area contributed by atoms with Gasteiger partial charge in [-0.2, -0.15) is 5.10 Å². The molecule has 2 aromatic carbocycles. The molecule has 3 aromatic rings. The molecule has 1 N–H and O–H groups in total. The maximum atomic E-state index is 12.5. The maximum absolute atomic E-state index is 12.5. The molecular weight excluding hydrogens is 370 g/mol. The molecule has 0 aliphatic rings. The first-order chi connectivity index (χ1) is 11.7. The van der Waals surface area contributed by atoms with Gasteiger partial charge in [0, 0.05) is 10.7 Å². The quantitative estimate of drug-likeness (QED) is 0.720. The molecule has 1 amide bonds. The van der Waals surface area contributed by atoms with Crippen LogP contribution < -0.4 is 10.1 Å². The molecule has 0 atom stereocenters. The maximum Gasteiger partial charge on any atom is 0.260 e. The lowest BCUT2D eigenvalue weighted by Crippen LogP contribution is -2.15. The van der Waals surface area contributed by atoms with Crippen LogP contribution in [0.5, 0.6) is 5.75 Å². The highest BCUT2D eigenvalue weighted by molar-refractivity contribution is 9.10. The van der Waals surface area contributed by atoms with Crippen molar-refractivity contribution >= 4 is 27.7 Å². The van der Waals surface area contributed by atoms with E-state index < -0.39 is 0 Å². The minimum atomic E-state index is -0.306. The van der Waals surface area contributed by atoms with Crippen molar-refractivity contribution in [2.75, 3.05) is 5.32 Å². The van der Waals surface area contributed by atoms with E-state index in [1.54, 1.807) is 30.5 Å². The van der Waals surface area contributed by atoms with Gasteiger partial charge in [-0.25, -0.2) is 0 Å². The molecule has 5 nitrogen and oxygen atoms in total. The van der Waals surface area contributed by atoms with Crippen LogP contribution in [0, 0.1) is 0 Å². The molecular formula is C18H14BrN3O2. The van der Waals surface area contributed by atoms with Gasteiger partial charge in [-0.15, -0.1) is 5.10 Å². The summed E-state index contributed by atoms with van der Waals surface area (Å²) in [4.78, 5) is 12.5. The highest BCUT2D eigenvalue weighted by Gasteiger charge is 2.14. The second-order valence-corrected chi connectivity index (χ2v) is 5.89. The van der Waals surface area contributed by atoms with E-state index in [1.165, 1.54) is 0 Å². The van der Waals surface area contributed by atoms with Crippen LogP contribution in [0.25, 0.3) is 0 Å². The SMILES string of the molecule is O=C(Nc1cccnn1)c1cc(Br)ccc1OCc1ccccc1. The molecule has 0 saturated carbocycles. The van der Waals surface area contributed by atoms with Crippen molar-refractivity contribution in [3.05, 3.63) is 82.5 Å². The molecule has 0 unspecified atom stereocenters. The van der Waals surface area contributed by atoms with Crippen molar-refractivity contribution in [2.45, 2.75) is 6.61 Å². The predicted octanol–water partition coefficient (Wildman–Crippen LogP) is 4.07. The lowest BCUT2D eigenvalue weighted by molar-refractivity contribution is 0.102. The minimum absolute atomic E-state index is 0.306. The Morgan fingerprint density at radius 3 is 2.67 bits per heavy atom. The third-order valence-corrected chi connectivity index (χ3v) is 3.73. The summed E-state index contributed by atoms with van der Waals surface area (Å²) in [6, 6.07) is 18.5. The van der Waals surface area contributed by atoms with Crippen molar-refractivity contribution < 1.29 is 9.53 Å². The molecule has 0 fully saturated rings. The van der Waals surface area contributed by atoms with Crippen LogP contribution in [0.2, 0.25) is 0 Å². The standard InChI is InChI=1S/C18H14BrN3O2/c19-14-8-9-16(24-12-13-5-2-1-3-6-13)15(11-14)18(23)21-17-7-4-10-20-22-17/h1-11H,12H2,(H,21,22,23). The van der Waals surface area contributed by atoms with Gasteiger partial charge in [0.05, 0.1) is 5.56 Å². The Hall–Kier alpha value is -2.73. The third-order valence-electron chi connectivity index (χ3n) is 3.24. The second kappa shape index (κ2) is 7.70. The number of ether oxygens (including phenoxy) is 1. The summed E-state index contributed by atoms with van der Waals surface area (Å²) in [6.07, 6.45) is 1.54. The highest BCUT2D eigenvalue weighted by atomic mass is 79.9. The second-order valence-electron chi connectivity index (χ2n) is 4.98. The Morgan fingerprint density at radius 2 is 1.92 bits per heavy atom. The summed E-state index contributed by atoms with van der Waals surface area (Å²) in [7, 11) is 0. The van der Waals surface area contributed by atoms with Crippen LogP contribution in [-0.4, -0.2) is 16.1 Å². The lowest BCUT2D eigenvalue weighted by atomic mass is 10.2. The van der Waals surface area contributed by atoms with Crippen LogP contribution in [0.1, 0.15) is 15.9 Å². The zero-order chi connectivity index (χ0) is 16.8. The fourth-order valence-corrected chi connectivity index (χ4v) is 2.45. The van der Waals surface area contributed by atoms with Crippen molar-refractivity contribution in [1.29, 1.82) is 0 Å². The first-order valence-corrected chi connectivity index (χ1v) is 8.07. The molecule has 24 heavy (non-hydrogen) atoms. The van der Waals surface area contributed by atoms with Crippen LogP contribution in [-0.2, 0) is 6.61 Å². The number of nitrogens with one attached hydrogen (secondary N) is 1. The Kier molecular flexibility index (Phi) is 5.18. The summed E-state index contributed by atoms with van der Waals surface area (Å²) in [5, 5.41) is 10.3. The van der Waals surface area contributed by atoms with Gasteiger partial charge in [0.15, 0.2) is 5.82 Å². The molecule has 0 aliphatic heterocycles. The third kappa shape index (κ3) is 4.17. The number of amides is 1. The van der Waals surface area contributed by atoms with Gasteiger partial charge in [0.25, 0.3) is 5.91 Å². The first kappa shape index (κ1) is 16.1. The van der Waals surface area contributed by atoms with Crippen molar-refractivity contribution in [3.63, 3.8) is 0 Å². The average molecular weight is 384 g/mol. The zero-order valence-corrected chi connectivity index (χ0v) is 14.2. The Balaban J connectivity index is 1.79. The number of hydrogen-bond donors (Lipinski definition) is 1. The summed E-state index contributed by atoms with van der Waals surface area (Å²) < 4.78 is 6.61. The van der Waals surface area contributed by atoms with Gasteiger partial charge >= 0.3 is 0 Å². The summed E-state index contributed by atoms with van der Waals surface area (Å²) >= 11 is 3.38. The van der Waals surface area contributed by atoms with E-state index in [9.17, 15) is 4.79 Å². The molecule has 120 valence electrons. The summed E-state index contributed by atoms with van der Waals surface area (Å²) in [5.74, 6) is 0.583. The molecule has 1 aromatic heterocycles. The predicted molar refractivity (Wildman–Crippen MR) is 94.9 cm³/mol. The van der Waals surface area contributed by atoms with Crippen molar-refractivity contribution in [3.8, 4) is 5.75 Å². The smallest absolute Gasteiger partial charge is 0.260 e. The molecule has 1 heterocycles. The number of rotatable bonds is 5. The summed E-state index contributed by atoms with van der Waals surface area (Å²) in [6.45, 7) is 0.383. The molecule has 0 saturated heterocycles. The number of hydrogen-bond acceptors (Lipinski definition) is 4. The highest BCUT2D eigenvalue weighted by Crippen LogP contribution is 2.25. The molecule has 6 heteroatoms. The molecule has 0 bridgehead atoms. The number of aromatic nitrogens is 2. The van der Waals surface area contributed by atoms with Gasteiger partial charge in [-0.05, 0) is 35.9 Å². The monoisotopic (exact) mass is 383 g/mol. The number of nitrogens with zero attached hydrogens (tertiary/aromatic N) is 2. The van der Waals surface area contributed by atoms with Gasteiger partial charge in [-0.1, -0.05) is 46.3 Å². The number of carbonyl (C=O) groups is 1. The molecule has 0 radical (unpaired) electrons. The van der Waals surface area contributed by atoms with Crippen LogP contribution >= 0.6 is 15.9 Å². The van der Waals surface area contributed by atoms with Gasteiger partial charge in [0.2, 0.25) is 0 Å². The summed E-state index contributed by atoms with van der Waals surface area (Å²) in [5.41, 5.74) is 1.45. The van der Waals surface area contributed by atoms with E-state index in [0.717, 1.165) is 10.0 Å². The molecule has 3 rings (SSSR count). The topological polar surface area (TPSA) is 64.1 Å².